The fraction of sp³-hybridized carbons (Fsp3) is 0.400. The molecule has 148 valence electrons. The number of amides is 1. The van der Waals surface area contributed by atoms with Crippen LogP contribution >= 0.6 is 0 Å². The van der Waals surface area contributed by atoms with Gasteiger partial charge in [-0.3, -0.25) is 23.5 Å². The van der Waals surface area contributed by atoms with Gasteiger partial charge in [0, 0.05) is 24.8 Å². The molecule has 0 bridgehead atoms. The minimum Gasteiger partial charge on any atom is -0.481 e. The highest BCUT2D eigenvalue weighted by molar-refractivity contribution is 5.78. The number of nitrogens with zero attached hydrogens (tertiary/aromatic N) is 3. The van der Waals surface area contributed by atoms with Crippen LogP contribution < -0.4 is 11.2 Å². The van der Waals surface area contributed by atoms with Crippen LogP contribution in [0.1, 0.15) is 25.3 Å². The summed E-state index contributed by atoms with van der Waals surface area (Å²) in [6, 6.07) is 10.1. The number of aliphatic carboxylic acids is 1. The molecule has 0 unspecified atom stereocenters. The van der Waals surface area contributed by atoms with Crippen molar-refractivity contribution in [3.63, 3.8) is 0 Å². The van der Waals surface area contributed by atoms with Crippen LogP contribution in [0, 0.1) is 5.92 Å². The van der Waals surface area contributed by atoms with E-state index >= 15 is 0 Å². The van der Waals surface area contributed by atoms with E-state index < -0.39 is 41.6 Å². The minimum absolute atomic E-state index is 0.287. The molecule has 1 aromatic heterocycles. The van der Waals surface area contributed by atoms with Gasteiger partial charge in [0.25, 0.3) is 5.56 Å². The highest BCUT2D eigenvalue weighted by Crippen LogP contribution is 2.23. The summed E-state index contributed by atoms with van der Waals surface area (Å²) in [5, 5.41) is 9.32. The molecule has 1 aliphatic rings. The van der Waals surface area contributed by atoms with Crippen molar-refractivity contribution >= 4 is 11.9 Å². The van der Waals surface area contributed by atoms with Crippen molar-refractivity contribution in [1.82, 2.24) is 14.0 Å². The Morgan fingerprint density at radius 1 is 1.14 bits per heavy atom. The lowest BCUT2D eigenvalue weighted by molar-refractivity contribution is -0.149. The number of rotatable bonds is 5. The zero-order valence-corrected chi connectivity index (χ0v) is 15.7. The van der Waals surface area contributed by atoms with Crippen molar-refractivity contribution in [1.29, 1.82) is 0 Å². The first-order valence-corrected chi connectivity index (χ1v) is 9.25. The molecule has 1 N–H and O–H groups in total. The SMILES string of the molecule is C[C@@H]1[C@H](C(=O)O)CCCN1C(=O)Cn1c(=O)ccn(Cc2ccccc2)c1=O. The number of likely N-dealkylation sites (tertiary alicyclic amines) is 1. The first-order chi connectivity index (χ1) is 13.4. The molecule has 1 fully saturated rings. The van der Waals surface area contributed by atoms with Gasteiger partial charge in [-0.1, -0.05) is 30.3 Å². The standard InChI is InChI=1S/C20H23N3O5/c1-14-16(19(26)27)8-5-10-22(14)18(25)13-23-17(24)9-11-21(20(23)28)12-15-6-3-2-4-7-15/h2-4,6-7,9,11,14,16H,5,8,10,12-13H2,1H3,(H,26,27)/t14-,16-/m1/s1. The Kier molecular flexibility index (Phi) is 5.77. The summed E-state index contributed by atoms with van der Waals surface area (Å²) >= 11 is 0. The lowest BCUT2D eigenvalue weighted by atomic mass is 9.90. The van der Waals surface area contributed by atoms with E-state index in [9.17, 15) is 24.3 Å². The highest BCUT2D eigenvalue weighted by Gasteiger charge is 2.35. The number of carbonyl (C=O) groups is 2. The quantitative estimate of drug-likeness (QED) is 0.819. The van der Waals surface area contributed by atoms with Crippen molar-refractivity contribution in [2.45, 2.75) is 38.9 Å². The third-order valence-corrected chi connectivity index (χ3v) is 5.25. The van der Waals surface area contributed by atoms with Gasteiger partial charge in [0.2, 0.25) is 5.91 Å². The second kappa shape index (κ2) is 8.24. The molecule has 1 saturated heterocycles. The van der Waals surface area contributed by atoms with Crippen molar-refractivity contribution in [3.8, 4) is 0 Å². The normalized spacial score (nSPS) is 19.4. The van der Waals surface area contributed by atoms with Crippen LogP contribution in [-0.2, 0) is 22.7 Å². The van der Waals surface area contributed by atoms with Gasteiger partial charge in [0.05, 0.1) is 12.5 Å². The molecule has 0 saturated carbocycles. The Hall–Kier alpha value is -3.16. The fourth-order valence-electron chi connectivity index (χ4n) is 3.65. The number of carbonyl (C=O) groups excluding carboxylic acids is 1. The molecule has 8 nitrogen and oxygen atoms in total. The van der Waals surface area contributed by atoms with Crippen LogP contribution in [0.3, 0.4) is 0 Å². The number of benzene rings is 1. The van der Waals surface area contributed by atoms with Gasteiger partial charge in [-0.15, -0.1) is 0 Å². The summed E-state index contributed by atoms with van der Waals surface area (Å²) in [5.41, 5.74) is -0.221. The van der Waals surface area contributed by atoms with E-state index in [0.717, 1.165) is 10.1 Å². The predicted molar refractivity (Wildman–Crippen MR) is 102 cm³/mol. The van der Waals surface area contributed by atoms with Gasteiger partial charge in [-0.2, -0.15) is 0 Å². The molecule has 1 aromatic carbocycles. The topological polar surface area (TPSA) is 102 Å². The van der Waals surface area contributed by atoms with Gasteiger partial charge in [0.1, 0.15) is 6.54 Å². The zero-order chi connectivity index (χ0) is 20.3. The molecule has 28 heavy (non-hydrogen) atoms. The predicted octanol–water partition coefficient (Wildman–Crippen LogP) is 0.770. The lowest BCUT2D eigenvalue weighted by Crippen LogP contribution is -2.52. The lowest BCUT2D eigenvalue weighted by Gasteiger charge is -2.37. The van der Waals surface area contributed by atoms with Crippen LogP contribution in [0.5, 0.6) is 0 Å². The number of piperidine rings is 1. The van der Waals surface area contributed by atoms with E-state index in [0.29, 0.717) is 19.4 Å². The molecule has 2 heterocycles. The van der Waals surface area contributed by atoms with E-state index in [4.69, 9.17) is 0 Å². The van der Waals surface area contributed by atoms with E-state index in [1.54, 1.807) is 6.92 Å². The van der Waals surface area contributed by atoms with Gasteiger partial charge in [0.15, 0.2) is 0 Å². The molecular formula is C20H23N3O5. The Morgan fingerprint density at radius 2 is 1.86 bits per heavy atom. The van der Waals surface area contributed by atoms with Gasteiger partial charge >= 0.3 is 11.7 Å². The Bertz CT molecular complexity index is 979. The van der Waals surface area contributed by atoms with Crippen molar-refractivity contribution in [3.05, 3.63) is 69.0 Å². The molecular weight excluding hydrogens is 362 g/mol. The monoisotopic (exact) mass is 385 g/mol. The van der Waals surface area contributed by atoms with Gasteiger partial charge in [-0.25, -0.2) is 4.79 Å². The average molecular weight is 385 g/mol. The van der Waals surface area contributed by atoms with Crippen molar-refractivity contribution in [2.24, 2.45) is 5.92 Å². The molecule has 1 aliphatic heterocycles. The largest absolute Gasteiger partial charge is 0.481 e. The Balaban J connectivity index is 1.83. The van der Waals surface area contributed by atoms with Crippen LogP contribution in [0.15, 0.2) is 52.2 Å². The van der Waals surface area contributed by atoms with Crippen molar-refractivity contribution in [2.75, 3.05) is 6.54 Å². The van der Waals surface area contributed by atoms with E-state index in [-0.39, 0.29) is 6.54 Å². The second-order valence-corrected chi connectivity index (χ2v) is 7.05. The maximum atomic E-state index is 12.7. The summed E-state index contributed by atoms with van der Waals surface area (Å²) in [6.45, 7) is 2.00. The first kappa shape index (κ1) is 19.6. The van der Waals surface area contributed by atoms with Gasteiger partial charge in [-0.05, 0) is 25.3 Å². The third kappa shape index (κ3) is 4.05. The number of aromatic nitrogens is 2. The Labute approximate surface area is 161 Å². The van der Waals surface area contributed by atoms with Crippen LogP contribution in [-0.4, -0.2) is 43.6 Å². The molecule has 0 spiro atoms. The Morgan fingerprint density at radius 3 is 2.54 bits per heavy atom. The molecule has 1 amide bonds. The molecule has 0 radical (unpaired) electrons. The summed E-state index contributed by atoms with van der Waals surface area (Å²) < 4.78 is 2.28. The van der Waals surface area contributed by atoms with E-state index in [1.807, 2.05) is 30.3 Å². The smallest absolute Gasteiger partial charge is 0.331 e. The summed E-state index contributed by atoms with van der Waals surface area (Å²) in [7, 11) is 0. The molecule has 3 rings (SSSR count). The minimum atomic E-state index is -0.938. The molecule has 2 aromatic rings. The third-order valence-electron chi connectivity index (χ3n) is 5.25. The second-order valence-electron chi connectivity index (χ2n) is 7.05. The maximum absolute atomic E-state index is 12.7. The van der Waals surface area contributed by atoms with E-state index in [2.05, 4.69) is 0 Å². The average Bonchev–Trinajstić information content (AvgIpc) is 2.68. The van der Waals surface area contributed by atoms with Crippen LogP contribution in [0.4, 0.5) is 0 Å². The number of hydrogen-bond acceptors (Lipinski definition) is 4. The number of carboxylic acid groups (broad SMARTS) is 1. The van der Waals surface area contributed by atoms with Crippen LogP contribution in [0.25, 0.3) is 0 Å². The van der Waals surface area contributed by atoms with Crippen molar-refractivity contribution < 1.29 is 14.7 Å². The summed E-state index contributed by atoms with van der Waals surface area (Å²) in [6.07, 6.45) is 2.51. The molecule has 2 atom stereocenters. The fourth-order valence-corrected chi connectivity index (χ4v) is 3.65. The number of carboxylic acids is 1. The van der Waals surface area contributed by atoms with E-state index in [1.165, 1.54) is 21.7 Å². The first-order valence-electron chi connectivity index (χ1n) is 9.25. The molecule has 0 aliphatic carbocycles. The van der Waals surface area contributed by atoms with Crippen LogP contribution in [0.2, 0.25) is 0 Å². The van der Waals surface area contributed by atoms with Gasteiger partial charge < -0.3 is 10.0 Å². The maximum Gasteiger partial charge on any atom is 0.331 e. The summed E-state index contributed by atoms with van der Waals surface area (Å²) in [5.74, 6) is -2.00. The number of hydrogen-bond donors (Lipinski definition) is 1. The summed E-state index contributed by atoms with van der Waals surface area (Å²) in [4.78, 5) is 50.5. The molecule has 8 heteroatoms. The highest BCUT2D eigenvalue weighted by atomic mass is 16.4. The zero-order valence-electron chi connectivity index (χ0n) is 15.7.